The van der Waals surface area contributed by atoms with Crippen molar-refractivity contribution >= 4 is 23.7 Å². The van der Waals surface area contributed by atoms with Crippen LogP contribution in [0.1, 0.15) is 35.7 Å². The molecule has 4 rings (SSSR count). The molecule has 190 valence electrons. The molecule has 0 bridgehead atoms. The maximum Gasteiger partial charge on any atom is 0.310 e. The second kappa shape index (κ2) is 11.2. The predicted octanol–water partition coefficient (Wildman–Crippen LogP) is 3.50. The van der Waals surface area contributed by atoms with Gasteiger partial charge in [0.2, 0.25) is 5.78 Å². The van der Waals surface area contributed by atoms with Crippen molar-refractivity contribution in [2.75, 3.05) is 40.5 Å². The van der Waals surface area contributed by atoms with Crippen LogP contribution >= 0.6 is 0 Å². The molecular formula is C27H29NO8. The molecule has 2 aromatic carbocycles. The predicted molar refractivity (Wildman–Crippen MR) is 130 cm³/mol. The van der Waals surface area contributed by atoms with E-state index in [0.29, 0.717) is 60.2 Å². The summed E-state index contributed by atoms with van der Waals surface area (Å²) in [6.07, 6.45) is 3.05. The first kappa shape index (κ1) is 25.1. The molecule has 36 heavy (non-hydrogen) atoms. The van der Waals surface area contributed by atoms with Gasteiger partial charge in [-0.15, -0.1) is 0 Å². The van der Waals surface area contributed by atoms with Gasteiger partial charge in [-0.1, -0.05) is 0 Å². The van der Waals surface area contributed by atoms with Crippen LogP contribution < -0.4 is 18.9 Å². The Bertz CT molecular complexity index is 1190. The lowest BCUT2D eigenvalue weighted by molar-refractivity contribution is -0.151. The number of esters is 1. The van der Waals surface area contributed by atoms with Crippen molar-refractivity contribution in [3.8, 4) is 23.0 Å². The van der Waals surface area contributed by atoms with Crippen molar-refractivity contribution < 1.29 is 38.1 Å². The summed E-state index contributed by atoms with van der Waals surface area (Å²) in [6, 6.07) is 10.1. The number of hydrogen-bond acceptors (Lipinski definition) is 8. The molecule has 2 heterocycles. The normalized spacial score (nSPS) is 17.9. The Labute approximate surface area is 209 Å². The average molecular weight is 496 g/mol. The molecule has 0 radical (unpaired) electrons. The third-order valence-electron chi connectivity index (χ3n) is 6.12. The first-order valence-corrected chi connectivity index (χ1v) is 11.8. The van der Waals surface area contributed by atoms with Crippen molar-refractivity contribution in [3.05, 3.63) is 53.3 Å². The second-order valence-corrected chi connectivity index (χ2v) is 8.43. The smallest absolute Gasteiger partial charge is 0.310 e. The number of Topliss-reactive ketones (excluding diaryl/α,β-unsaturated/α-hetero) is 1. The van der Waals surface area contributed by atoms with Gasteiger partial charge in [0.25, 0.3) is 5.91 Å². The standard InChI is InChI=1S/C27H29NO8/c1-4-34-27(31)18-6-5-11-28(15-18)25(29)16-35-20-9-10-21-23(14-20)36-24(26(21)30)12-17-7-8-19(32-2)13-22(17)33-3/h7-10,12-14,18H,4-6,11,15-16H2,1-3H3. The number of benzene rings is 2. The molecule has 1 saturated heterocycles. The molecule has 0 N–H and O–H groups in total. The maximum absolute atomic E-state index is 12.8. The third kappa shape index (κ3) is 5.45. The van der Waals surface area contributed by atoms with Crippen molar-refractivity contribution in [3.63, 3.8) is 0 Å². The molecule has 2 aliphatic rings. The number of carbonyl (C=O) groups excluding carboxylic acids is 3. The summed E-state index contributed by atoms with van der Waals surface area (Å²) in [5.41, 5.74) is 1.07. The summed E-state index contributed by atoms with van der Waals surface area (Å²) >= 11 is 0. The number of piperidine rings is 1. The van der Waals surface area contributed by atoms with E-state index in [1.165, 1.54) is 7.11 Å². The molecule has 1 fully saturated rings. The van der Waals surface area contributed by atoms with Crippen LogP contribution in [-0.2, 0) is 14.3 Å². The number of rotatable bonds is 8. The van der Waals surface area contributed by atoms with Crippen LogP contribution in [0, 0.1) is 5.92 Å². The molecule has 0 aliphatic carbocycles. The minimum atomic E-state index is -0.309. The van der Waals surface area contributed by atoms with Crippen molar-refractivity contribution in [1.82, 2.24) is 4.90 Å². The van der Waals surface area contributed by atoms with Crippen LogP contribution in [-0.4, -0.2) is 63.1 Å². The highest BCUT2D eigenvalue weighted by Crippen LogP contribution is 2.36. The van der Waals surface area contributed by atoms with E-state index < -0.39 is 0 Å². The van der Waals surface area contributed by atoms with Gasteiger partial charge < -0.3 is 28.6 Å². The zero-order valence-electron chi connectivity index (χ0n) is 20.6. The quantitative estimate of drug-likeness (QED) is 0.405. The van der Waals surface area contributed by atoms with Crippen LogP contribution in [0.2, 0.25) is 0 Å². The van der Waals surface area contributed by atoms with Gasteiger partial charge in [-0.3, -0.25) is 14.4 Å². The summed E-state index contributed by atoms with van der Waals surface area (Å²) in [5, 5.41) is 0. The molecule has 2 aromatic rings. The fourth-order valence-corrected chi connectivity index (χ4v) is 4.23. The highest BCUT2D eigenvalue weighted by atomic mass is 16.5. The summed E-state index contributed by atoms with van der Waals surface area (Å²) in [4.78, 5) is 39.2. The highest BCUT2D eigenvalue weighted by Gasteiger charge is 2.30. The maximum atomic E-state index is 12.8. The minimum absolute atomic E-state index is 0.153. The molecule has 0 saturated carbocycles. The van der Waals surface area contributed by atoms with Crippen LogP contribution in [0.15, 0.2) is 42.2 Å². The Morgan fingerprint density at radius 3 is 2.67 bits per heavy atom. The Hall–Kier alpha value is -4.01. The van der Waals surface area contributed by atoms with Crippen molar-refractivity contribution in [2.45, 2.75) is 19.8 Å². The fraction of sp³-hybridized carbons (Fsp3) is 0.370. The SMILES string of the molecule is CCOC(=O)C1CCCN(C(=O)COc2ccc3c(c2)OC(=Cc2ccc(OC)cc2OC)C3=O)C1. The van der Waals surface area contributed by atoms with Gasteiger partial charge in [0.05, 0.1) is 32.3 Å². The second-order valence-electron chi connectivity index (χ2n) is 8.43. The molecule has 1 atom stereocenters. The van der Waals surface area contributed by atoms with Crippen LogP contribution in [0.5, 0.6) is 23.0 Å². The Morgan fingerprint density at radius 1 is 1.11 bits per heavy atom. The molecular weight excluding hydrogens is 466 g/mol. The van der Waals surface area contributed by atoms with E-state index in [4.69, 9.17) is 23.7 Å². The van der Waals surface area contributed by atoms with Gasteiger partial charge in [0.1, 0.15) is 23.0 Å². The number of methoxy groups -OCH3 is 2. The van der Waals surface area contributed by atoms with Crippen molar-refractivity contribution in [1.29, 1.82) is 0 Å². The molecule has 2 aliphatic heterocycles. The fourth-order valence-electron chi connectivity index (χ4n) is 4.23. The lowest BCUT2D eigenvalue weighted by Gasteiger charge is -2.31. The summed E-state index contributed by atoms with van der Waals surface area (Å²) < 4.78 is 27.2. The Balaban J connectivity index is 1.40. The zero-order chi connectivity index (χ0) is 25.7. The Morgan fingerprint density at radius 2 is 1.92 bits per heavy atom. The molecule has 1 amide bonds. The number of ether oxygens (including phenoxy) is 5. The number of ketones is 1. The summed E-state index contributed by atoms with van der Waals surface area (Å²) in [7, 11) is 3.10. The molecule has 1 unspecified atom stereocenters. The largest absolute Gasteiger partial charge is 0.497 e. The molecule has 0 spiro atoms. The first-order chi connectivity index (χ1) is 17.4. The van der Waals surface area contributed by atoms with Crippen LogP contribution in [0.4, 0.5) is 0 Å². The number of carbonyl (C=O) groups is 3. The number of fused-ring (bicyclic) bond motifs is 1. The number of amides is 1. The highest BCUT2D eigenvalue weighted by molar-refractivity contribution is 6.14. The average Bonchev–Trinajstić information content (AvgIpc) is 3.21. The first-order valence-electron chi connectivity index (χ1n) is 11.8. The zero-order valence-corrected chi connectivity index (χ0v) is 20.6. The summed E-state index contributed by atoms with van der Waals surface area (Å²) in [6.45, 7) is 2.79. The van der Waals surface area contributed by atoms with Crippen LogP contribution in [0.25, 0.3) is 6.08 Å². The monoisotopic (exact) mass is 495 g/mol. The van der Waals surface area contributed by atoms with Gasteiger partial charge in [0.15, 0.2) is 12.4 Å². The van der Waals surface area contributed by atoms with E-state index in [9.17, 15) is 14.4 Å². The number of hydrogen-bond donors (Lipinski definition) is 0. The van der Waals surface area contributed by atoms with Gasteiger partial charge in [-0.05, 0) is 50.1 Å². The molecule has 0 aromatic heterocycles. The number of likely N-dealkylation sites (tertiary alicyclic amines) is 1. The number of nitrogens with zero attached hydrogens (tertiary/aromatic N) is 1. The lowest BCUT2D eigenvalue weighted by Crippen LogP contribution is -2.44. The lowest BCUT2D eigenvalue weighted by atomic mass is 9.98. The topological polar surface area (TPSA) is 101 Å². The van der Waals surface area contributed by atoms with Gasteiger partial charge in [-0.25, -0.2) is 0 Å². The van der Waals surface area contributed by atoms with Crippen LogP contribution in [0.3, 0.4) is 0 Å². The van der Waals surface area contributed by atoms with Gasteiger partial charge in [-0.2, -0.15) is 0 Å². The van der Waals surface area contributed by atoms with Crippen molar-refractivity contribution in [2.24, 2.45) is 5.92 Å². The van der Waals surface area contributed by atoms with E-state index in [1.54, 1.807) is 61.4 Å². The van der Waals surface area contributed by atoms with E-state index in [0.717, 1.165) is 6.42 Å². The van der Waals surface area contributed by atoms with E-state index >= 15 is 0 Å². The molecule has 9 nitrogen and oxygen atoms in total. The Kier molecular flexibility index (Phi) is 7.77. The third-order valence-corrected chi connectivity index (χ3v) is 6.12. The number of allylic oxidation sites excluding steroid dienone is 1. The van der Waals surface area contributed by atoms with E-state index in [1.807, 2.05) is 0 Å². The summed E-state index contributed by atoms with van der Waals surface area (Å²) in [5.74, 6) is 1.02. The minimum Gasteiger partial charge on any atom is -0.497 e. The van der Waals surface area contributed by atoms with Gasteiger partial charge >= 0.3 is 5.97 Å². The van der Waals surface area contributed by atoms with E-state index in [-0.39, 0.29) is 35.9 Å². The van der Waals surface area contributed by atoms with E-state index in [2.05, 4.69) is 0 Å². The van der Waals surface area contributed by atoms with Gasteiger partial charge in [0, 0.05) is 30.8 Å². The molecule has 9 heteroatoms.